The van der Waals surface area contributed by atoms with E-state index in [1.165, 1.54) is 19.3 Å². The zero-order valence-electron chi connectivity index (χ0n) is 11.0. The molecule has 0 atom stereocenters. The Morgan fingerprint density at radius 1 is 1.44 bits per heavy atom. The lowest BCUT2D eigenvalue weighted by atomic mass is 10.1. The Hall–Kier alpha value is -1.01. The second-order valence-corrected chi connectivity index (χ2v) is 6.30. The van der Waals surface area contributed by atoms with Crippen molar-refractivity contribution in [1.82, 2.24) is 0 Å². The fraction of sp³-hybridized carbons (Fsp3) is 0.533. The zero-order valence-corrected chi connectivity index (χ0v) is 12.6. The van der Waals surface area contributed by atoms with Gasteiger partial charge in [-0.3, -0.25) is 0 Å². The lowest BCUT2D eigenvalue weighted by Crippen LogP contribution is -2.28. The topological polar surface area (TPSA) is 27.0 Å². The molecular formula is C15H19BrN2. The van der Waals surface area contributed by atoms with E-state index in [9.17, 15) is 5.26 Å². The van der Waals surface area contributed by atoms with Crippen LogP contribution in [-0.4, -0.2) is 12.6 Å². The van der Waals surface area contributed by atoms with Gasteiger partial charge in [0.2, 0.25) is 0 Å². The van der Waals surface area contributed by atoms with Crippen LogP contribution in [0.5, 0.6) is 0 Å². The lowest BCUT2D eigenvalue weighted by Gasteiger charge is -2.26. The van der Waals surface area contributed by atoms with Crippen molar-refractivity contribution in [3.05, 3.63) is 28.2 Å². The fourth-order valence-corrected chi connectivity index (χ4v) is 2.49. The molecule has 2 nitrogen and oxygen atoms in total. The van der Waals surface area contributed by atoms with Crippen LogP contribution in [0.15, 0.2) is 22.7 Å². The van der Waals surface area contributed by atoms with Crippen molar-refractivity contribution in [1.29, 1.82) is 5.26 Å². The number of nitriles is 1. The van der Waals surface area contributed by atoms with Gasteiger partial charge in [0.05, 0.1) is 11.3 Å². The molecule has 1 aromatic carbocycles. The van der Waals surface area contributed by atoms with Gasteiger partial charge in [-0.2, -0.15) is 5.26 Å². The number of benzene rings is 1. The number of hydrogen-bond donors (Lipinski definition) is 0. The summed E-state index contributed by atoms with van der Waals surface area (Å²) in [5.74, 6) is 0.701. The van der Waals surface area contributed by atoms with Crippen LogP contribution in [0.25, 0.3) is 0 Å². The van der Waals surface area contributed by atoms with Gasteiger partial charge >= 0.3 is 0 Å². The molecule has 2 rings (SSSR count). The molecule has 18 heavy (non-hydrogen) atoms. The third-order valence-corrected chi connectivity index (χ3v) is 3.82. The molecule has 96 valence electrons. The Balaban J connectivity index is 2.22. The maximum Gasteiger partial charge on any atom is 0.101 e. The normalized spacial score (nSPS) is 14.6. The second-order valence-electron chi connectivity index (χ2n) is 5.38. The van der Waals surface area contributed by atoms with Crippen molar-refractivity contribution in [3.8, 4) is 6.07 Å². The fourth-order valence-electron chi connectivity index (χ4n) is 2.13. The van der Waals surface area contributed by atoms with Gasteiger partial charge < -0.3 is 4.90 Å². The summed E-state index contributed by atoms with van der Waals surface area (Å²) in [6.07, 6.45) is 3.70. The summed E-state index contributed by atoms with van der Waals surface area (Å²) in [7, 11) is 0. The summed E-state index contributed by atoms with van der Waals surface area (Å²) in [6.45, 7) is 5.55. The monoisotopic (exact) mass is 306 g/mol. The highest BCUT2D eigenvalue weighted by Crippen LogP contribution is 2.34. The zero-order chi connectivity index (χ0) is 13.1. The Labute approximate surface area is 118 Å². The summed E-state index contributed by atoms with van der Waals surface area (Å²) in [6, 6.07) is 8.98. The van der Waals surface area contributed by atoms with Crippen molar-refractivity contribution in [2.45, 2.75) is 39.2 Å². The summed E-state index contributed by atoms with van der Waals surface area (Å²) < 4.78 is 0.974. The predicted molar refractivity (Wildman–Crippen MR) is 78.7 cm³/mol. The Morgan fingerprint density at radius 2 is 2.17 bits per heavy atom. The highest BCUT2D eigenvalue weighted by atomic mass is 79.9. The van der Waals surface area contributed by atoms with E-state index in [4.69, 9.17) is 0 Å². The van der Waals surface area contributed by atoms with Crippen molar-refractivity contribution in [3.63, 3.8) is 0 Å². The first-order chi connectivity index (χ1) is 8.61. The van der Waals surface area contributed by atoms with Crippen molar-refractivity contribution in [2.75, 3.05) is 11.4 Å². The molecule has 1 aliphatic rings. The molecule has 1 fully saturated rings. The van der Waals surface area contributed by atoms with Crippen LogP contribution in [0.2, 0.25) is 0 Å². The van der Waals surface area contributed by atoms with Gasteiger partial charge in [-0.15, -0.1) is 0 Å². The number of nitrogens with zero attached hydrogens (tertiary/aromatic N) is 2. The second kappa shape index (κ2) is 5.75. The molecule has 0 unspecified atom stereocenters. The molecule has 0 heterocycles. The highest BCUT2D eigenvalue weighted by Gasteiger charge is 2.30. The van der Waals surface area contributed by atoms with E-state index in [0.717, 1.165) is 22.3 Å². The summed E-state index contributed by atoms with van der Waals surface area (Å²) >= 11 is 3.43. The minimum Gasteiger partial charge on any atom is -0.367 e. The van der Waals surface area contributed by atoms with Crippen molar-refractivity contribution >= 4 is 21.6 Å². The molecule has 1 aromatic rings. The number of halogens is 1. The van der Waals surface area contributed by atoms with Crippen LogP contribution in [0, 0.1) is 17.2 Å². The van der Waals surface area contributed by atoms with Crippen LogP contribution in [0.1, 0.15) is 38.7 Å². The van der Waals surface area contributed by atoms with Gasteiger partial charge in [-0.1, -0.05) is 29.8 Å². The van der Waals surface area contributed by atoms with E-state index in [2.05, 4.69) is 46.8 Å². The van der Waals surface area contributed by atoms with Crippen molar-refractivity contribution < 1.29 is 0 Å². The molecule has 0 saturated heterocycles. The van der Waals surface area contributed by atoms with E-state index >= 15 is 0 Å². The molecule has 0 aliphatic heterocycles. The third-order valence-electron chi connectivity index (χ3n) is 3.32. The maximum absolute atomic E-state index is 9.27. The summed E-state index contributed by atoms with van der Waals surface area (Å²) in [5, 5.41) is 9.27. The van der Waals surface area contributed by atoms with E-state index in [1.54, 1.807) is 0 Å². The average molecular weight is 307 g/mol. The highest BCUT2D eigenvalue weighted by molar-refractivity contribution is 9.10. The maximum atomic E-state index is 9.27. The minimum atomic E-state index is 0.650. The Morgan fingerprint density at radius 3 is 2.72 bits per heavy atom. The van der Waals surface area contributed by atoms with E-state index in [1.807, 2.05) is 12.1 Å². The third kappa shape index (κ3) is 3.26. The van der Waals surface area contributed by atoms with Crippen LogP contribution in [0.3, 0.4) is 0 Å². The Bertz CT molecular complexity index is 458. The molecule has 1 aliphatic carbocycles. The van der Waals surface area contributed by atoms with Gasteiger partial charge in [-0.25, -0.2) is 0 Å². The largest absolute Gasteiger partial charge is 0.367 e. The number of hydrogen-bond acceptors (Lipinski definition) is 2. The molecule has 0 N–H and O–H groups in total. The van der Waals surface area contributed by atoms with Gasteiger partial charge in [0, 0.05) is 17.1 Å². The molecule has 0 aromatic heterocycles. The first-order valence-corrected chi connectivity index (χ1v) is 7.37. The number of rotatable bonds is 5. The molecular weight excluding hydrogens is 288 g/mol. The molecule has 0 bridgehead atoms. The SMILES string of the molecule is CC(C)CCN(c1ccc(Br)cc1C#N)C1CC1. The minimum absolute atomic E-state index is 0.650. The predicted octanol–water partition coefficient (Wildman–Crippen LogP) is 4.34. The van der Waals surface area contributed by atoms with E-state index < -0.39 is 0 Å². The standard InChI is InChI=1S/C15H19BrN2/c1-11(2)7-8-18(14-4-5-14)15-6-3-13(16)9-12(15)10-17/h3,6,9,11,14H,4-5,7-8H2,1-2H3. The van der Waals surface area contributed by atoms with Gasteiger partial charge in [0.1, 0.15) is 6.07 Å². The quantitative estimate of drug-likeness (QED) is 0.809. The smallest absolute Gasteiger partial charge is 0.101 e. The first-order valence-electron chi connectivity index (χ1n) is 6.58. The van der Waals surface area contributed by atoms with Crippen molar-refractivity contribution in [2.24, 2.45) is 5.92 Å². The number of anilines is 1. The first kappa shape index (κ1) is 13.4. The van der Waals surface area contributed by atoms with Crippen LogP contribution in [0.4, 0.5) is 5.69 Å². The molecule has 0 radical (unpaired) electrons. The van der Waals surface area contributed by atoms with Crippen LogP contribution >= 0.6 is 15.9 Å². The lowest BCUT2D eigenvalue weighted by molar-refractivity contribution is 0.570. The molecule has 0 spiro atoms. The summed E-state index contributed by atoms with van der Waals surface area (Å²) in [5.41, 5.74) is 1.88. The van der Waals surface area contributed by atoms with E-state index in [-0.39, 0.29) is 0 Å². The molecule has 3 heteroatoms. The Kier molecular flexibility index (Phi) is 4.29. The molecule has 1 saturated carbocycles. The molecule has 0 amide bonds. The average Bonchev–Trinajstić information content (AvgIpc) is 3.15. The van der Waals surface area contributed by atoms with Crippen LogP contribution < -0.4 is 4.90 Å². The van der Waals surface area contributed by atoms with Gasteiger partial charge in [0.15, 0.2) is 0 Å². The summed E-state index contributed by atoms with van der Waals surface area (Å²) in [4.78, 5) is 2.42. The van der Waals surface area contributed by atoms with E-state index in [0.29, 0.717) is 12.0 Å². The van der Waals surface area contributed by atoms with Gasteiger partial charge in [0.25, 0.3) is 0 Å². The van der Waals surface area contributed by atoms with Gasteiger partial charge in [-0.05, 0) is 43.4 Å². The van der Waals surface area contributed by atoms with Crippen LogP contribution in [-0.2, 0) is 0 Å².